The first kappa shape index (κ1) is 12.7. The van der Waals surface area contributed by atoms with E-state index >= 15 is 0 Å². The summed E-state index contributed by atoms with van der Waals surface area (Å²) in [5, 5.41) is 29.5. The number of nitriles is 1. The average Bonchev–Trinajstić information content (AvgIpc) is 2.41. The number of hydrogen-bond donors (Lipinski definition) is 1. The van der Waals surface area contributed by atoms with E-state index in [4.69, 9.17) is 5.26 Å². The van der Waals surface area contributed by atoms with Crippen LogP contribution in [0.4, 0.5) is 4.39 Å². The van der Waals surface area contributed by atoms with Gasteiger partial charge in [0.2, 0.25) is 0 Å². The highest BCUT2D eigenvalue weighted by atomic mass is 19.1. The van der Waals surface area contributed by atoms with Gasteiger partial charge in [-0.1, -0.05) is 30.0 Å². The van der Waals surface area contributed by atoms with Crippen molar-refractivity contribution in [1.29, 1.82) is 5.26 Å². The van der Waals surface area contributed by atoms with Gasteiger partial charge in [0.25, 0.3) is 0 Å². The first-order valence-corrected chi connectivity index (χ1v) is 5.48. The lowest BCUT2D eigenvalue weighted by Crippen LogP contribution is -1.91. The minimum atomic E-state index is -0.497. The van der Waals surface area contributed by atoms with Gasteiger partial charge in [-0.25, -0.2) is 4.39 Å². The molecule has 1 N–H and O–H groups in total. The molecule has 0 fully saturated rings. The van der Waals surface area contributed by atoms with E-state index in [1.54, 1.807) is 6.08 Å². The van der Waals surface area contributed by atoms with Crippen molar-refractivity contribution in [2.75, 3.05) is 0 Å². The maximum atomic E-state index is 12.8. The molecule has 0 saturated heterocycles. The minimum Gasteiger partial charge on any atom is -0.870 e. The number of phenolic OH excluding ortho intramolecular Hbond substituents is 1. The Bertz CT molecular complexity index is 670. The number of hydrogen-bond acceptors (Lipinski definition) is 3. The zero-order valence-corrected chi connectivity index (χ0v) is 9.80. The van der Waals surface area contributed by atoms with Gasteiger partial charge in [0.1, 0.15) is 11.6 Å². The van der Waals surface area contributed by atoms with Crippen LogP contribution in [0, 0.1) is 17.1 Å². The molecule has 0 radical (unpaired) electrons. The molecule has 0 aliphatic heterocycles. The topological polar surface area (TPSA) is 67.1 Å². The molecule has 0 spiro atoms. The smallest absolute Gasteiger partial charge is 0.123 e. The van der Waals surface area contributed by atoms with Crippen molar-refractivity contribution >= 4 is 11.6 Å². The average molecular weight is 254 g/mol. The predicted octanol–water partition coefficient (Wildman–Crippen LogP) is 2.67. The molecule has 0 atom stereocenters. The summed E-state index contributed by atoms with van der Waals surface area (Å²) in [5.74, 6) is -1.26. The molecule has 3 nitrogen and oxygen atoms in total. The van der Waals surface area contributed by atoms with Crippen LogP contribution >= 0.6 is 0 Å². The fourth-order valence-electron chi connectivity index (χ4n) is 1.59. The van der Waals surface area contributed by atoms with Crippen molar-refractivity contribution in [3.05, 3.63) is 59.4 Å². The van der Waals surface area contributed by atoms with E-state index in [-0.39, 0.29) is 11.4 Å². The van der Waals surface area contributed by atoms with Gasteiger partial charge in [-0.3, -0.25) is 0 Å². The summed E-state index contributed by atoms with van der Waals surface area (Å²) in [6, 6.07) is 11.5. The largest absolute Gasteiger partial charge is 0.870 e. The lowest BCUT2D eigenvalue weighted by Gasteiger charge is -2.09. The number of allylic oxidation sites excluding steroid dienone is 1. The Morgan fingerprint density at radius 1 is 1.21 bits per heavy atom. The van der Waals surface area contributed by atoms with Gasteiger partial charge in [-0.05, 0) is 35.4 Å². The third-order valence-corrected chi connectivity index (χ3v) is 2.57. The first-order chi connectivity index (χ1) is 9.10. The van der Waals surface area contributed by atoms with E-state index in [1.165, 1.54) is 42.5 Å². The molecule has 0 bridgehead atoms. The second-order valence-electron chi connectivity index (χ2n) is 3.90. The molecule has 2 rings (SSSR count). The van der Waals surface area contributed by atoms with Crippen LogP contribution in [-0.4, -0.2) is 5.11 Å². The number of nitrogens with zero attached hydrogens (tertiary/aromatic N) is 1. The summed E-state index contributed by atoms with van der Waals surface area (Å²) in [4.78, 5) is 0. The van der Waals surface area contributed by atoms with Gasteiger partial charge in [-0.15, -0.1) is 0 Å². The third kappa shape index (κ3) is 2.90. The molecule has 0 aromatic heterocycles. The fourth-order valence-corrected chi connectivity index (χ4v) is 1.59. The lowest BCUT2D eigenvalue weighted by atomic mass is 10.0. The monoisotopic (exact) mass is 254 g/mol. The molecular formula is C15H9FNO2-. The van der Waals surface area contributed by atoms with Crippen LogP contribution < -0.4 is 5.11 Å². The highest BCUT2D eigenvalue weighted by Crippen LogP contribution is 2.27. The normalized spacial score (nSPS) is 11.1. The highest BCUT2D eigenvalue weighted by molar-refractivity contribution is 5.90. The van der Waals surface area contributed by atoms with E-state index in [0.29, 0.717) is 11.1 Å². The van der Waals surface area contributed by atoms with Crippen LogP contribution in [-0.2, 0) is 0 Å². The molecule has 0 heterocycles. The van der Waals surface area contributed by atoms with Crippen molar-refractivity contribution in [3.8, 4) is 17.6 Å². The lowest BCUT2D eigenvalue weighted by molar-refractivity contribution is -0.270. The van der Waals surface area contributed by atoms with Gasteiger partial charge < -0.3 is 10.2 Å². The van der Waals surface area contributed by atoms with Gasteiger partial charge in [0.05, 0.1) is 11.6 Å². The second-order valence-corrected chi connectivity index (χ2v) is 3.90. The number of aromatic hydroxyl groups is 1. The zero-order chi connectivity index (χ0) is 13.8. The van der Waals surface area contributed by atoms with Crippen LogP contribution in [0.3, 0.4) is 0 Å². The van der Waals surface area contributed by atoms with Crippen LogP contribution in [0.2, 0.25) is 0 Å². The minimum absolute atomic E-state index is 0.280. The number of benzene rings is 2. The van der Waals surface area contributed by atoms with E-state index in [2.05, 4.69) is 0 Å². The maximum Gasteiger partial charge on any atom is 0.123 e. The van der Waals surface area contributed by atoms with Crippen molar-refractivity contribution in [2.45, 2.75) is 0 Å². The standard InChI is InChI=1S/C15H10FNO2/c16-13-4-1-10(2-5-13)7-12(9-17)11-3-6-14(18)15(19)8-11/h1-8,18-19H/p-1/b12-7+. The molecule has 0 unspecified atom stereocenters. The molecule has 94 valence electrons. The van der Waals surface area contributed by atoms with Crippen LogP contribution in [0.1, 0.15) is 11.1 Å². The number of rotatable bonds is 2. The van der Waals surface area contributed by atoms with E-state index in [9.17, 15) is 14.6 Å². The molecular weight excluding hydrogens is 245 g/mol. The van der Waals surface area contributed by atoms with Gasteiger partial charge in [0, 0.05) is 0 Å². The summed E-state index contributed by atoms with van der Waals surface area (Å²) in [7, 11) is 0. The molecule has 4 heteroatoms. The second kappa shape index (κ2) is 5.23. The number of phenols is 1. The highest BCUT2D eigenvalue weighted by Gasteiger charge is 2.03. The van der Waals surface area contributed by atoms with E-state index in [0.717, 1.165) is 0 Å². The Balaban J connectivity index is 2.42. The van der Waals surface area contributed by atoms with Crippen LogP contribution in [0.25, 0.3) is 11.6 Å². The van der Waals surface area contributed by atoms with Crippen LogP contribution in [0.15, 0.2) is 42.5 Å². The Labute approximate surface area is 109 Å². The zero-order valence-electron chi connectivity index (χ0n) is 9.80. The Kier molecular flexibility index (Phi) is 3.48. The Morgan fingerprint density at radius 3 is 2.47 bits per heavy atom. The fraction of sp³-hybridized carbons (Fsp3) is 0. The van der Waals surface area contributed by atoms with Gasteiger partial charge >= 0.3 is 0 Å². The molecule has 0 saturated carbocycles. The van der Waals surface area contributed by atoms with Crippen molar-refractivity contribution in [1.82, 2.24) is 0 Å². The van der Waals surface area contributed by atoms with Crippen molar-refractivity contribution < 1.29 is 14.6 Å². The SMILES string of the molecule is N#C/C(=C\c1ccc(F)cc1)c1ccc([O-])c(O)c1. The molecule has 2 aromatic rings. The first-order valence-electron chi connectivity index (χ1n) is 5.48. The van der Waals surface area contributed by atoms with Crippen molar-refractivity contribution in [3.63, 3.8) is 0 Å². The summed E-state index contributed by atoms with van der Waals surface area (Å²) in [6.07, 6.45) is 1.55. The predicted molar refractivity (Wildman–Crippen MR) is 67.4 cm³/mol. The molecule has 0 aliphatic carbocycles. The van der Waals surface area contributed by atoms with Crippen LogP contribution in [0.5, 0.6) is 11.5 Å². The molecule has 0 aliphatic rings. The molecule has 2 aromatic carbocycles. The Morgan fingerprint density at radius 2 is 1.89 bits per heavy atom. The summed E-state index contributed by atoms with van der Waals surface area (Å²) >= 11 is 0. The summed E-state index contributed by atoms with van der Waals surface area (Å²) < 4.78 is 12.8. The Hall–Kier alpha value is -2.80. The number of halogens is 1. The summed E-state index contributed by atoms with van der Waals surface area (Å²) in [5.41, 5.74) is 1.37. The third-order valence-electron chi connectivity index (χ3n) is 2.57. The maximum absolute atomic E-state index is 12.8. The van der Waals surface area contributed by atoms with Gasteiger partial charge in [0.15, 0.2) is 0 Å². The van der Waals surface area contributed by atoms with Gasteiger partial charge in [-0.2, -0.15) is 5.26 Å². The molecule has 0 amide bonds. The van der Waals surface area contributed by atoms with Crippen molar-refractivity contribution in [2.24, 2.45) is 0 Å². The molecule has 19 heavy (non-hydrogen) atoms. The van der Waals surface area contributed by atoms with E-state index in [1.807, 2.05) is 6.07 Å². The summed E-state index contributed by atoms with van der Waals surface area (Å²) in [6.45, 7) is 0. The van der Waals surface area contributed by atoms with E-state index < -0.39 is 11.5 Å². The quantitative estimate of drug-likeness (QED) is 0.661.